The van der Waals surface area contributed by atoms with E-state index >= 15 is 0 Å². The summed E-state index contributed by atoms with van der Waals surface area (Å²) in [6.07, 6.45) is 8.85. The molecule has 0 aromatic carbocycles. The number of hydrogen-bond donors (Lipinski definition) is 2. The molecule has 0 spiro atoms. The van der Waals surface area contributed by atoms with E-state index in [1.54, 1.807) is 13.3 Å². The molecular formula is C16H32N2O3SSn. The largest absolute Gasteiger partial charge is 0.860 e. The number of hydrogen-bond acceptors (Lipinski definition) is 3. The topological polar surface area (TPSA) is 103 Å². The second-order valence-corrected chi connectivity index (χ2v) is 14.5. The molecular weight excluding hydrogens is 419 g/mol. The molecule has 0 aliphatic carbocycles. The summed E-state index contributed by atoms with van der Waals surface area (Å²) in [5.74, 6) is -0.469. The molecule has 7 heteroatoms. The van der Waals surface area contributed by atoms with Gasteiger partial charge in [0.2, 0.25) is 0 Å². The van der Waals surface area contributed by atoms with E-state index in [9.17, 15) is 9.90 Å². The monoisotopic (exact) mass is 452 g/mol. The first-order valence-corrected chi connectivity index (χ1v) is 14.8. The molecule has 0 amide bonds. The van der Waals surface area contributed by atoms with E-state index in [0.717, 1.165) is 6.07 Å². The van der Waals surface area contributed by atoms with Gasteiger partial charge in [0.05, 0.1) is 0 Å². The Morgan fingerprint density at radius 1 is 1.00 bits per heavy atom. The molecule has 134 valence electrons. The molecule has 0 fully saturated rings. The molecule has 0 radical (unpaired) electrons. The van der Waals surface area contributed by atoms with E-state index in [1.165, 1.54) is 38.5 Å². The van der Waals surface area contributed by atoms with E-state index in [-0.39, 0.29) is 10.2 Å². The maximum absolute atomic E-state index is 10.4. The van der Waals surface area contributed by atoms with Crippen molar-refractivity contribution >= 4 is 32.0 Å². The van der Waals surface area contributed by atoms with Crippen LogP contribution in [0.15, 0.2) is 10.9 Å². The maximum Gasteiger partial charge on any atom is 0.250 e. The minimum Gasteiger partial charge on any atom is -0.860 e. The van der Waals surface area contributed by atoms with Crippen LogP contribution in [0.25, 0.3) is 0 Å². The van der Waals surface area contributed by atoms with Crippen molar-refractivity contribution in [1.82, 2.24) is 9.97 Å². The minimum atomic E-state index is -0.839. The number of H-pyrrole nitrogens is 2. The molecule has 0 atom stereocenters. The van der Waals surface area contributed by atoms with Crippen LogP contribution in [0.3, 0.4) is 0 Å². The molecule has 0 saturated carbocycles. The normalized spacial score (nSPS) is 9.52. The van der Waals surface area contributed by atoms with Crippen molar-refractivity contribution in [2.75, 3.05) is 0 Å². The molecule has 4 N–H and O–H groups in total. The Kier molecular flexibility index (Phi) is 17.9. The molecule has 0 bridgehead atoms. The van der Waals surface area contributed by atoms with Crippen LogP contribution in [0, 0.1) is 4.77 Å². The first-order chi connectivity index (χ1) is 10.5. The van der Waals surface area contributed by atoms with Gasteiger partial charge in [-0.25, -0.2) is 0 Å². The van der Waals surface area contributed by atoms with Gasteiger partial charge in [0, 0.05) is 6.07 Å². The smallest absolute Gasteiger partial charge is 0.250 e. The van der Waals surface area contributed by atoms with E-state index < -0.39 is 31.2 Å². The summed E-state index contributed by atoms with van der Waals surface area (Å²) in [5, 5.41) is 10.4. The van der Waals surface area contributed by atoms with Crippen molar-refractivity contribution in [2.24, 2.45) is 0 Å². The zero-order chi connectivity index (χ0) is 16.8. The Labute approximate surface area is 152 Å². The minimum absolute atomic E-state index is 0. The Morgan fingerprint density at radius 3 is 1.74 bits per heavy atom. The van der Waals surface area contributed by atoms with Crippen LogP contribution in [0.4, 0.5) is 0 Å². The van der Waals surface area contributed by atoms with Crippen molar-refractivity contribution in [3.05, 3.63) is 21.2 Å². The van der Waals surface area contributed by atoms with Crippen LogP contribution in [-0.2, 0) is 0 Å². The zero-order valence-corrected chi connectivity index (χ0v) is 18.3. The molecule has 23 heavy (non-hydrogen) atoms. The first kappa shape index (κ1) is 24.9. The second kappa shape index (κ2) is 16.5. The van der Waals surface area contributed by atoms with Crippen molar-refractivity contribution in [3.63, 3.8) is 0 Å². The SMILES string of the molecule is CCC[CH2][Sn+]([CH2]CCC)[CH2]CCC.O.O=c1cc([O-])[nH]c(=S)[nH]1. The predicted octanol–water partition coefficient (Wildman–Crippen LogP) is 3.56. The van der Waals surface area contributed by atoms with E-state index in [0.29, 0.717) is 0 Å². The summed E-state index contributed by atoms with van der Waals surface area (Å²) in [6.45, 7) is 7.00. The molecule has 5 nitrogen and oxygen atoms in total. The molecule has 1 aromatic heterocycles. The van der Waals surface area contributed by atoms with Crippen LogP contribution < -0.4 is 10.7 Å². The quantitative estimate of drug-likeness (QED) is 0.443. The Morgan fingerprint density at radius 2 is 1.43 bits per heavy atom. The molecule has 1 aromatic rings. The van der Waals surface area contributed by atoms with Crippen LogP contribution in [0.5, 0.6) is 5.88 Å². The second-order valence-electron chi connectivity index (χ2n) is 5.51. The number of aromatic nitrogens is 2. The van der Waals surface area contributed by atoms with Crippen molar-refractivity contribution in [3.8, 4) is 5.88 Å². The van der Waals surface area contributed by atoms with Gasteiger partial charge in [0.1, 0.15) is 0 Å². The van der Waals surface area contributed by atoms with Crippen LogP contribution >= 0.6 is 12.2 Å². The van der Waals surface area contributed by atoms with Gasteiger partial charge in [-0.05, 0) is 18.1 Å². The standard InChI is InChI=1S/C4H4N2O2S.3C4H9.H2O.Sn/c7-2-1-3(8)6-4(9)5-2;3*1-3-4-2;;/h1H,(H3,5,6,7,8,9);3*1,3-4H2,2H3;1H2;/q;;;;;+1/p-1. The van der Waals surface area contributed by atoms with Gasteiger partial charge in [-0.3, -0.25) is 9.78 Å². The third kappa shape index (κ3) is 15.0. The van der Waals surface area contributed by atoms with Crippen LogP contribution in [0.2, 0.25) is 13.3 Å². The fraction of sp³-hybridized carbons (Fsp3) is 0.750. The van der Waals surface area contributed by atoms with Crippen LogP contribution in [0.1, 0.15) is 59.3 Å². The number of nitrogens with one attached hydrogen (secondary N) is 2. The summed E-state index contributed by atoms with van der Waals surface area (Å²) >= 11 is 3.64. The molecule has 0 aliphatic rings. The number of rotatable bonds is 9. The molecule has 1 rings (SSSR count). The fourth-order valence-electron chi connectivity index (χ4n) is 2.10. The van der Waals surface area contributed by atoms with Crippen molar-refractivity contribution in [2.45, 2.75) is 72.6 Å². The van der Waals surface area contributed by atoms with Gasteiger partial charge in [0.25, 0.3) is 5.56 Å². The van der Waals surface area contributed by atoms with Gasteiger partial charge in [-0.1, -0.05) is 0 Å². The summed E-state index contributed by atoms with van der Waals surface area (Å²) in [5.41, 5.74) is -0.469. The van der Waals surface area contributed by atoms with Gasteiger partial charge >= 0.3 is 92.4 Å². The van der Waals surface area contributed by atoms with Crippen molar-refractivity contribution in [1.29, 1.82) is 0 Å². The van der Waals surface area contributed by atoms with Gasteiger partial charge in [-0.2, -0.15) is 0 Å². The summed E-state index contributed by atoms with van der Waals surface area (Å²) in [6, 6.07) is 0.899. The fourth-order valence-corrected chi connectivity index (χ4v) is 11.8. The zero-order valence-electron chi connectivity index (χ0n) is 14.7. The predicted molar refractivity (Wildman–Crippen MR) is 100 cm³/mol. The Balaban J connectivity index is 0. The molecule has 0 aliphatic heterocycles. The van der Waals surface area contributed by atoms with Gasteiger partial charge in [-0.15, -0.1) is 0 Å². The van der Waals surface area contributed by atoms with E-state index in [2.05, 4.69) is 43.0 Å². The first-order valence-electron chi connectivity index (χ1n) is 8.37. The van der Waals surface area contributed by atoms with E-state index in [1.807, 2.05) is 0 Å². The Bertz CT molecular complexity index is 443. The van der Waals surface area contributed by atoms with Crippen molar-refractivity contribution < 1.29 is 10.6 Å². The van der Waals surface area contributed by atoms with E-state index in [4.69, 9.17) is 0 Å². The van der Waals surface area contributed by atoms with Gasteiger partial charge in [0.15, 0.2) is 4.77 Å². The summed E-state index contributed by atoms with van der Waals surface area (Å²) in [7, 11) is 0. The number of aromatic amines is 2. The third-order valence-electron chi connectivity index (χ3n) is 3.39. The molecule has 0 unspecified atom stereocenters. The third-order valence-corrected chi connectivity index (χ3v) is 12.7. The number of unbranched alkanes of at least 4 members (excludes halogenated alkanes) is 3. The maximum atomic E-state index is 10.4. The summed E-state index contributed by atoms with van der Waals surface area (Å²) in [4.78, 5) is 14.8. The average molecular weight is 451 g/mol. The Hall–Kier alpha value is -0.341. The summed E-state index contributed by atoms with van der Waals surface area (Å²) < 4.78 is 5.10. The van der Waals surface area contributed by atoms with Crippen LogP contribution in [-0.4, -0.2) is 35.2 Å². The average Bonchev–Trinajstić information content (AvgIpc) is 2.45. The van der Waals surface area contributed by atoms with Gasteiger partial charge < -0.3 is 15.6 Å². The molecule has 1 heterocycles. The molecule has 0 saturated heterocycles.